The van der Waals surface area contributed by atoms with Crippen LogP contribution in [0.5, 0.6) is 11.5 Å². The molecular weight excluding hydrogens is 471 g/mol. The van der Waals surface area contributed by atoms with E-state index >= 15 is 0 Å². The number of ether oxygens (including phenoxy) is 2. The largest absolute Gasteiger partial charge is 0.469 e. The van der Waals surface area contributed by atoms with Crippen molar-refractivity contribution >= 4 is 11.9 Å². The number of carbonyl (C=O) groups excluding carboxylic acids is 2. The van der Waals surface area contributed by atoms with Crippen molar-refractivity contribution in [2.45, 2.75) is 82.5 Å². The number of rotatable bonds is 8. The Hall–Kier alpha value is -3.19. The van der Waals surface area contributed by atoms with Crippen molar-refractivity contribution in [3.63, 3.8) is 0 Å². The van der Waals surface area contributed by atoms with Crippen LogP contribution < -0.4 is 10.1 Å². The Morgan fingerprint density at radius 2 is 1.81 bits per heavy atom. The summed E-state index contributed by atoms with van der Waals surface area (Å²) in [6, 6.07) is 13.4. The average molecular weight is 507 g/mol. The first-order valence-electron chi connectivity index (χ1n) is 13.4. The lowest BCUT2D eigenvalue weighted by Crippen LogP contribution is -2.52. The molecule has 6 nitrogen and oxygen atoms in total. The monoisotopic (exact) mass is 506 g/mol. The van der Waals surface area contributed by atoms with Crippen molar-refractivity contribution < 1.29 is 23.5 Å². The zero-order valence-corrected chi connectivity index (χ0v) is 21.4. The minimum absolute atomic E-state index is 0.0543. The smallest absolute Gasteiger partial charge is 0.307 e. The zero-order chi connectivity index (χ0) is 25.8. The Bertz CT molecular complexity index is 1160. The molecule has 1 saturated carbocycles. The predicted octanol–water partition coefficient (Wildman–Crippen LogP) is 6.18. The number of hydrogen-bond acceptors (Lipinski definition) is 5. The molecule has 196 valence electrons. The van der Waals surface area contributed by atoms with Gasteiger partial charge in [0.05, 0.1) is 13.5 Å². The van der Waals surface area contributed by atoms with Gasteiger partial charge in [0.25, 0.3) is 5.91 Å². The maximum atomic E-state index is 14.7. The Morgan fingerprint density at radius 1 is 1.05 bits per heavy atom. The van der Waals surface area contributed by atoms with Gasteiger partial charge in [0, 0.05) is 17.7 Å². The summed E-state index contributed by atoms with van der Waals surface area (Å²) in [5.74, 6) is -0.106. The van der Waals surface area contributed by atoms with Gasteiger partial charge in [-0.3, -0.25) is 14.9 Å². The molecule has 5 rings (SSSR count). The lowest BCUT2D eigenvalue weighted by molar-refractivity contribution is -0.141. The van der Waals surface area contributed by atoms with Gasteiger partial charge in [0.1, 0.15) is 11.9 Å². The Morgan fingerprint density at radius 3 is 2.57 bits per heavy atom. The lowest BCUT2D eigenvalue weighted by atomic mass is 9.91. The number of benzene rings is 2. The molecule has 0 aromatic heterocycles. The number of nitrogens with one attached hydrogen (secondary N) is 1. The van der Waals surface area contributed by atoms with Gasteiger partial charge in [-0.1, -0.05) is 43.5 Å². The zero-order valence-electron chi connectivity index (χ0n) is 21.4. The van der Waals surface area contributed by atoms with Crippen molar-refractivity contribution in [2.75, 3.05) is 7.11 Å². The van der Waals surface area contributed by atoms with E-state index in [4.69, 9.17) is 9.47 Å². The predicted molar refractivity (Wildman–Crippen MR) is 138 cm³/mol. The summed E-state index contributed by atoms with van der Waals surface area (Å²) in [6.45, 7) is 0. The maximum Gasteiger partial charge on any atom is 0.307 e. The van der Waals surface area contributed by atoms with Crippen LogP contribution in [0.4, 0.5) is 4.39 Å². The third kappa shape index (κ3) is 5.57. The number of para-hydroxylation sites is 1. The van der Waals surface area contributed by atoms with Gasteiger partial charge in [0.2, 0.25) is 0 Å². The van der Waals surface area contributed by atoms with Gasteiger partial charge in [0.15, 0.2) is 11.6 Å². The minimum Gasteiger partial charge on any atom is -0.469 e. The Balaban J connectivity index is 1.47. The second kappa shape index (κ2) is 11.5. The van der Waals surface area contributed by atoms with E-state index in [1.54, 1.807) is 24.3 Å². The van der Waals surface area contributed by atoms with Crippen LogP contribution in [0.3, 0.4) is 0 Å². The highest BCUT2D eigenvalue weighted by molar-refractivity contribution is 5.98. The lowest BCUT2D eigenvalue weighted by Gasteiger charge is -2.39. The highest BCUT2D eigenvalue weighted by atomic mass is 19.1. The van der Waals surface area contributed by atoms with Crippen molar-refractivity contribution in [2.24, 2.45) is 0 Å². The third-order valence-corrected chi connectivity index (χ3v) is 7.87. The minimum atomic E-state index is -0.485. The Labute approximate surface area is 217 Å². The Kier molecular flexibility index (Phi) is 7.89. The molecule has 0 bridgehead atoms. The highest BCUT2D eigenvalue weighted by Gasteiger charge is 2.44. The fourth-order valence-corrected chi connectivity index (χ4v) is 5.98. The normalized spacial score (nSPS) is 21.1. The number of amides is 1. The second-order valence-corrected chi connectivity index (χ2v) is 10.2. The number of halogens is 1. The number of carbonyl (C=O) groups is 2. The second-order valence-electron chi connectivity index (χ2n) is 10.2. The van der Waals surface area contributed by atoms with Crippen molar-refractivity contribution in [3.8, 4) is 11.5 Å². The molecular formula is C30H35FN2O4. The van der Waals surface area contributed by atoms with E-state index in [9.17, 15) is 14.0 Å². The topological polar surface area (TPSA) is 67.9 Å². The van der Waals surface area contributed by atoms with Gasteiger partial charge in [-0.25, -0.2) is 4.39 Å². The van der Waals surface area contributed by atoms with Crippen LogP contribution in [0.2, 0.25) is 0 Å². The molecule has 0 radical (unpaired) electrons. The maximum absolute atomic E-state index is 14.7. The van der Waals surface area contributed by atoms with Gasteiger partial charge in [-0.2, -0.15) is 0 Å². The molecule has 2 atom stereocenters. The molecule has 1 heterocycles. The summed E-state index contributed by atoms with van der Waals surface area (Å²) >= 11 is 0. The number of methoxy groups -OCH3 is 1. The first-order valence-corrected chi connectivity index (χ1v) is 13.4. The molecule has 1 N–H and O–H groups in total. The van der Waals surface area contributed by atoms with E-state index in [1.807, 2.05) is 23.1 Å². The fraction of sp³-hybridized carbons (Fsp3) is 0.467. The molecule has 1 amide bonds. The molecule has 7 heteroatoms. The van der Waals surface area contributed by atoms with E-state index in [-0.39, 0.29) is 36.3 Å². The average Bonchev–Trinajstić information content (AvgIpc) is 3.21. The molecule has 1 aliphatic heterocycles. The molecule has 2 aromatic rings. The molecule has 37 heavy (non-hydrogen) atoms. The van der Waals surface area contributed by atoms with Crippen molar-refractivity contribution in [1.82, 2.24) is 10.2 Å². The molecule has 2 aromatic carbocycles. The van der Waals surface area contributed by atoms with Crippen LogP contribution >= 0.6 is 0 Å². The summed E-state index contributed by atoms with van der Waals surface area (Å²) in [5, 5.41) is 3.65. The van der Waals surface area contributed by atoms with E-state index < -0.39 is 11.9 Å². The molecule has 2 aliphatic carbocycles. The van der Waals surface area contributed by atoms with E-state index in [0.29, 0.717) is 11.3 Å². The summed E-state index contributed by atoms with van der Waals surface area (Å²) < 4.78 is 25.6. The molecule has 1 fully saturated rings. The van der Waals surface area contributed by atoms with Crippen LogP contribution in [-0.2, 0) is 14.3 Å². The SMILES string of the molecule is COC(=O)C[C@H](N[C@@H]1C2=C(CCCC2)C(=O)N1C1CCCCC1)c1ccc(F)c(Oc2ccccc2)c1. The van der Waals surface area contributed by atoms with Gasteiger partial charge in [-0.15, -0.1) is 0 Å². The molecule has 0 spiro atoms. The van der Waals surface area contributed by atoms with Crippen LogP contribution in [0.25, 0.3) is 0 Å². The van der Waals surface area contributed by atoms with E-state index in [2.05, 4.69) is 5.32 Å². The summed E-state index contributed by atoms with van der Waals surface area (Å²) in [6.07, 6.45) is 8.98. The van der Waals surface area contributed by atoms with Crippen LogP contribution in [0.15, 0.2) is 59.7 Å². The molecule has 3 aliphatic rings. The van der Waals surface area contributed by atoms with Crippen molar-refractivity contribution in [1.29, 1.82) is 0 Å². The fourth-order valence-electron chi connectivity index (χ4n) is 5.98. The van der Waals surface area contributed by atoms with Gasteiger partial charge < -0.3 is 14.4 Å². The highest BCUT2D eigenvalue weighted by Crippen LogP contribution is 2.40. The quantitative estimate of drug-likeness (QED) is 0.433. The molecule has 0 unspecified atom stereocenters. The van der Waals surface area contributed by atoms with Gasteiger partial charge in [-0.05, 0) is 73.9 Å². The van der Waals surface area contributed by atoms with E-state index in [1.165, 1.54) is 19.6 Å². The number of nitrogens with zero attached hydrogens (tertiary/aromatic N) is 1. The first kappa shape index (κ1) is 25.5. The number of esters is 1. The number of hydrogen-bond donors (Lipinski definition) is 1. The van der Waals surface area contributed by atoms with Crippen LogP contribution in [0.1, 0.15) is 75.8 Å². The van der Waals surface area contributed by atoms with Crippen molar-refractivity contribution in [3.05, 3.63) is 71.1 Å². The summed E-state index contributed by atoms with van der Waals surface area (Å²) in [4.78, 5) is 28.1. The van der Waals surface area contributed by atoms with Crippen LogP contribution in [0, 0.1) is 5.82 Å². The summed E-state index contributed by atoms with van der Waals surface area (Å²) in [7, 11) is 1.36. The van der Waals surface area contributed by atoms with E-state index in [0.717, 1.165) is 62.5 Å². The summed E-state index contributed by atoms with van der Waals surface area (Å²) in [5.41, 5.74) is 2.80. The first-order chi connectivity index (χ1) is 18.0. The van der Waals surface area contributed by atoms with Gasteiger partial charge >= 0.3 is 5.97 Å². The standard InChI is InChI=1S/C30H35FN2O4/c1-36-28(34)19-26(20-16-17-25(31)27(18-20)37-22-12-6-3-7-13-22)32-29-23-14-8-9-15-24(23)30(35)33(29)21-10-4-2-5-11-21/h3,6-7,12-13,16-18,21,26,29,32H,2,4-5,8-11,14-15,19H2,1H3/t26-,29-/m0/s1. The molecule has 0 saturated heterocycles. The van der Waals surface area contributed by atoms with Crippen LogP contribution in [-0.4, -0.2) is 36.1 Å². The third-order valence-electron chi connectivity index (χ3n) is 7.87.